The van der Waals surface area contributed by atoms with E-state index in [-0.39, 0.29) is 6.04 Å². The van der Waals surface area contributed by atoms with Crippen molar-refractivity contribution in [2.45, 2.75) is 44.2 Å². The van der Waals surface area contributed by atoms with E-state index in [1.54, 1.807) is 0 Å². The maximum Gasteiger partial charge on any atom is 0.0771 e. The van der Waals surface area contributed by atoms with E-state index < -0.39 is 5.60 Å². The van der Waals surface area contributed by atoms with E-state index in [4.69, 9.17) is 0 Å². The molecule has 1 saturated carbocycles. The fraction of sp³-hybridized carbons (Fsp3) is 0.571. The molecular formula is C14H20BrNO. The summed E-state index contributed by atoms with van der Waals surface area (Å²) in [6, 6.07) is 8.61. The van der Waals surface area contributed by atoms with Gasteiger partial charge in [-0.15, -0.1) is 0 Å². The van der Waals surface area contributed by atoms with Crippen molar-refractivity contribution in [3.05, 3.63) is 34.3 Å². The van der Waals surface area contributed by atoms with Crippen molar-refractivity contribution in [3.8, 4) is 0 Å². The minimum Gasteiger partial charge on any atom is -0.389 e. The van der Waals surface area contributed by atoms with Crippen LogP contribution in [-0.2, 0) is 0 Å². The van der Waals surface area contributed by atoms with Crippen LogP contribution in [0.2, 0.25) is 0 Å². The van der Waals surface area contributed by atoms with E-state index in [0.29, 0.717) is 6.54 Å². The first kappa shape index (κ1) is 13.1. The third-order valence-electron chi connectivity index (χ3n) is 3.64. The summed E-state index contributed by atoms with van der Waals surface area (Å²) in [6.07, 6.45) is 4.19. The Labute approximate surface area is 112 Å². The first-order valence-corrected chi connectivity index (χ1v) is 7.10. The number of halogens is 1. The van der Waals surface area contributed by atoms with E-state index in [0.717, 1.165) is 30.2 Å². The molecule has 2 N–H and O–H groups in total. The zero-order valence-electron chi connectivity index (χ0n) is 10.2. The van der Waals surface area contributed by atoms with Crippen LogP contribution < -0.4 is 5.32 Å². The molecular weight excluding hydrogens is 278 g/mol. The molecule has 1 aliphatic carbocycles. The highest BCUT2D eigenvalue weighted by Gasteiger charge is 2.30. The van der Waals surface area contributed by atoms with Gasteiger partial charge in [-0.25, -0.2) is 0 Å². The second-order valence-electron chi connectivity index (χ2n) is 5.09. The van der Waals surface area contributed by atoms with Gasteiger partial charge in [-0.2, -0.15) is 0 Å². The van der Waals surface area contributed by atoms with Crippen LogP contribution in [-0.4, -0.2) is 17.3 Å². The summed E-state index contributed by atoms with van der Waals surface area (Å²) >= 11 is 3.44. The Morgan fingerprint density at radius 2 is 1.88 bits per heavy atom. The van der Waals surface area contributed by atoms with Gasteiger partial charge >= 0.3 is 0 Å². The Morgan fingerprint density at radius 1 is 1.29 bits per heavy atom. The van der Waals surface area contributed by atoms with E-state index in [9.17, 15) is 5.11 Å². The Bertz CT molecular complexity index is 357. The zero-order valence-corrected chi connectivity index (χ0v) is 11.8. The van der Waals surface area contributed by atoms with Gasteiger partial charge < -0.3 is 10.4 Å². The second-order valence-corrected chi connectivity index (χ2v) is 6.00. The summed E-state index contributed by atoms with van der Waals surface area (Å²) in [5.41, 5.74) is 0.790. The van der Waals surface area contributed by atoms with Gasteiger partial charge in [0.2, 0.25) is 0 Å². The average molecular weight is 298 g/mol. The number of nitrogens with one attached hydrogen (secondary N) is 1. The van der Waals surface area contributed by atoms with Crippen LogP contribution in [0.4, 0.5) is 0 Å². The number of hydrogen-bond donors (Lipinski definition) is 2. The Morgan fingerprint density at radius 3 is 2.47 bits per heavy atom. The van der Waals surface area contributed by atoms with Crippen molar-refractivity contribution >= 4 is 15.9 Å². The highest BCUT2D eigenvalue weighted by molar-refractivity contribution is 9.10. The normalized spacial score (nSPS) is 20.4. The monoisotopic (exact) mass is 297 g/mol. The van der Waals surface area contributed by atoms with Crippen LogP contribution >= 0.6 is 15.9 Å². The molecule has 1 fully saturated rings. The molecule has 1 atom stereocenters. The third kappa shape index (κ3) is 3.54. The summed E-state index contributed by atoms with van der Waals surface area (Å²) in [7, 11) is 0. The number of benzene rings is 1. The summed E-state index contributed by atoms with van der Waals surface area (Å²) in [4.78, 5) is 0. The first-order chi connectivity index (χ1) is 8.09. The van der Waals surface area contributed by atoms with Gasteiger partial charge in [-0.1, -0.05) is 40.9 Å². The Hall–Kier alpha value is -0.380. The molecule has 0 bridgehead atoms. The molecule has 1 aromatic rings. The minimum atomic E-state index is -0.469. The van der Waals surface area contributed by atoms with E-state index in [1.807, 2.05) is 0 Å². The quantitative estimate of drug-likeness (QED) is 0.893. The lowest BCUT2D eigenvalue weighted by atomic mass is 10.0. The van der Waals surface area contributed by atoms with Gasteiger partial charge in [0.15, 0.2) is 0 Å². The minimum absolute atomic E-state index is 0.285. The van der Waals surface area contributed by atoms with Gasteiger partial charge in [0.25, 0.3) is 0 Å². The zero-order chi connectivity index (χ0) is 12.3. The van der Waals surface area contributed by atoms with Crippen molar-refractivity contribution < 1.29 is 5.11 Å². The van der Waals surface area contributed by atoms with Crippen molar-refractivity contribution in [2.75, 3.05) is 6.54 Å². The standard InChI is InChI=1S/C14H20BrNO/c1-11(12-4-6-13(15)7-5-12)16-10-14(17)8-2-3-9-14/h4-7,11,16-17H,2-3,8-10H2,1H3. The lowest BCUT2D eigenvalue weighted by molar-refractivity contribution is 0.0453. The molecule has 1 aliphatic rings. The lowest BCUT2D eigenvalue weighted by Gasteiger charge is -2.25. The molecule has 2 rings (SSSR count). The number of rotatable bonds is 4. The number of aliphatic hydroxyl groups is 1. The maximum absolute atomic E-state index is 10.3. The van der Waals surface area contributed by atoms with Gasteiger partial charge in [0.05, 0.1) is 5.60 Å². The molecule has 0 amide bonds. The molecule has 0 aliphatic heterocycles. The molecule has 0 aromatic heterocycles. The van der Waals surface area contributed by atoms with E-state index in [2.05, 4.69) is 52.4 Å². The highest BCUT2D eigenvalue weighted by atomic mass is 79.9. The van der Waals surface area contributed by atoms with Crippen LogP contribution in [0.5, 0.6) is 0 Å². The predicted molar refractivity (Wildman–Crippen MR) is 74.0 cm³/mol. The van der Waals surface area contributed by atoms with Crippen LogP contribution in [0, 0.1) is 0 Å². The van der Waals surface area contributed by atoms with Crippen molar-refractivity contribution in [2.24, 2.45) is 0 Å². The Kier molecular flexibility index (Phi) is 4.23. The summed E-state index contributed by atoms with van der Waals surface area (Å²) in [5.74, 6) is 0. The van der Waals surface area contributed by atoms with Crippen LogP contribution in [0.1, 0.15) is 44.2 Å². The number of hydrogen-bond acceptors (Lipinski definition) is 2. The molecule has 0 radical (unpaired) electrons. The molecule has 3 heteroatoms. The largest absolute Gasteiger partial charge is 0.389 e. The maximum atomic E-state index is 10.3. The molecule has 0 spiro atoms. The highest BCUT2D eigenvalue weighted by Crippen LogP contribution is 2.29. The van der Waals surface area contributed by atoms with E-state index >= 15 is 0 Å². The van der Waals surface area contributed by atoms with Gasteiger partial charge in [-0.3, -0.25) is 0 Å². The second kappa shape index (κ2) is 5.51. The fourth-order valence-electron chi connectivity index (χ4n) is 2.42. The third-order valence-corrected chi connectivity index (χ3v) is 4.17. The predicted octanol–water partition coefficient (Wildman–Crippen LogP) is 3.40. The van der Waals surface area contributed by atoms with Gasteiger partial charge in [0.1, 0.15) is 0 Å². The fourth-order valence-corrected chi connectivity index (χ4v) is 2.69. The average Bonchev–Trinajstić information content (AvgIpc) is 2.75. The summed E-state index contributed by atoms with van der Waals surface area (Å²) in [5, 5.41) is 13.7. The molecule has 17 heavy (non-hydrogen) atoms. The first-order valence-electron chi connectivity index (χ1n) is 6.30. The van der Waals surface area contributed by atoms with Gasteiger partial charge in [0, 0.05) is 17.1 Å². The smallest absolute Gasteiger partial charge is 0.0771 e. The topological polar surface area (TPSA) is 32.3 Å². The summed E-state index contributed by atoms with van der Waals surface area (Å²) in [6.45, 7) is 2.84. The van der Waals surface area contributed by atoms with Crippen molar-refractivity contribution in [1.82, 2.24) is 5.32 Å². The van der Waals surface area contributed by atoms with Crippen molar-refractivity contribution in [1.29, 1.82) is 0 Å². The molecule has 0 saturated heterocycles. The molecule has 0 heterocycles. The van der Waals surface area contributed by atoms with Crippen LogP contribution in [0.25, 0.3) is 0 Å². The molecule has 2 nitrogen and oxygen atoms in total. The molecule has 1 unspecified atom stereocenters. The van der Waals surface area contributed by atoms with Gasteiger partial charge in [-0.05, 0) is 37.5 Å². The Balaban J connectivity index is 1.88. The summed E-state index contributed by atoms with van der Waals surface area (Å²) < 4.78 is 1.10. The van der Waals surface area contributed by atoms with Crippen molar-refractivity contribution in [3.63, 3.8) is 0 Å². The van der Waals surface area contributed by atoms with Crippen LogP contribution in [0.3, 0.4) is 0 Å². The lowest BCUT2D eigenvalue weighted by Crippen LogP contribution is -2.39. The molecule has 94 valence electrons. The van der Waals surface area contributed by atoms with Crippen LogP contribution in [0.15, 0.2) is 28.7 Å². The SMILES string of the molecule is CC(NCC1(O)CCCC1)c1ccc(Br)cc1. The molecule has 1 aromatic carbocycles. The van der Waals surface area contributed by atoms with E-state index in [1.165, 1.54) is 5.56 Å².